The predicted molar refractivity (Wildman–Crippen MR) is 71.7 cm³/mol. The molecule has 0 fully saturated rings. The minimum Gasteiger partial charge on any atom is -0.436 e. The number of rotatable bonds is 4. The molecule has 0 radical (unpaired) electrons. The Balaban J connectivity index is 1.88. The van der Waals surface area contributed by atoms with Gasteiger partial charge in [-0.15, -0.1) is 0 Å². The number of para-hydroxylation sites is 2. The Bertz CT molecular complexity index is 645. The highest BCUT2D eigenvalue weighted by Gasteiger charge is 2.07. The molecule has 3 aromatic rings. The van der Waals surface area contributed by atoms with Gasteiger partial charge in [-0.1, -0.05) is 12.1 Å². The van der Waals surface area contributed by atoms with Crippen LogP contribution in [-0.4, -0.2) is 23.2 Å². The van der Waals surface area contributed by atoms with Gasteiger partial charge in [-0.05, 0) is 24.3 Å². The molecule has 0 aliphatic rings. The molecular formula is C14H12FN3O. The average molecular weight is 257 g/mol. The zero-order valence-electron chi connectivity index (χ0n) is 10.1. The maximum atomic E-state index is 12.0. The second-order valence-corrected chi connectivity index (χ2v) is 4.03. The van der Waals surface area contributed by atoms with E-state index in [4.69, 9.17) is 4.42 Å². The van der Waals surface area contributed by atoms with Gasteiger partial charge in [0.1, 0.15) is 18.0 Å². The van der Waals surface area contributed by atoms with Crippen LogP contribution in [0.3, 0.4) is 0 Å². The summed E-state index contributed by atoms with van der Waals surface area (Å²) in [7, 11) is 0. The zero-order valence-corrected chi connectivity index (χ0v) is 10.1. The van der Waals surface area contributed by atoms with Gasteiger partial charge in [-0.2, -0.15) is 0 Å². The second kappa shape index (κ2) is 5.06. The molecule has 0 atom stereocenters. The van der Waals surface area contributed by atoms with Crippen molar-refractivity contribution < 1.29 is 8.81 Å². The van der Waals surface area contributed by atoms with E-state index in [1.807, 2.05) is 30.3 Å². The molecule has 96 valence electrons. The maximum absolute atomic E-state index is 12.0. The fourth-order valence-electron chi connectivity index (χ4n) is 1.80. The van der Waals surface area contributed by atoms with Gasteiger partial charge < -0.3 is 9.73 Å². The largest absolute Gasteiger partial charge is 0.436 e. The van der Waals surface area contributed by atoms with Crippen molar-refractivity contribution in [1.82, 2.24) is 9.97 Å². The van der Waals surface area contributed by atoms with Crippen molar-refractivity contribution in [3.8, 4) is 11.5 Å². The molecule has 0 amide bonds. The van der Waals surface area contributed by atoms with Crippen LogP contribution in [0.4, 0.5) is 10.2 Å². The number of hydrogen-bond donors (Lipinski definition) is 1. The van der Waals surface area contributed by atoms with Gasteiger partial charge in [-0.3, -0.25) is 0 Å². The number of oxazole rings is 1. The summed E-state index contributed by atoms with van der Waals surface area (Å²) >= 11 is 0. The summed E-state index contributed by atoms with van der Waals surface area (Å²) in [5.41, 5.74) is 2.36. The van der Waals surface area contributed by atoms with Crippen LogP contribution >= 0.6 is 0 Å². The highest BCUT2D eigenvalue weighted by Crippen LogP contribution is 2.23. The minimum atomic E-state index is -0.422. The van der Waals surface area contributed by atoms with E-state index in [0.717, 1.165) is 16.7 Å². The van der Waals surface area contributed by atoms with Crippen molar-refractivity contribution >= 4 is 16.9 Å². The fourth-order valence-corrected chi connectivity index (χ4v) is 1.80. The van der Waals surface area contributed by atoms with Crippen LogP contribution in [0.2, 0.25) is 0 Å². The number of nitrogens with one attached hydrogen (secondary N) is 1. The van der Waals surface area contributed by atoms with E-state index in [0.29, 0.717) is 11.7 Å². The Labute approximate surface area is 109 Å². The molecule has 2 aromatic heterocycles. The smallest absolute Gasteiger partial charge is 0.228 e. The van der Waals surface area contributed by atoms with Crippen LogP contribution in [0, 0.1) is 0 Å². The third-order valence-electron chi connectivity index (χ3n) is 2.70. The number of alkyl halides is 1. The van der Waals surface area contributed by atoms with E-state index >= 15 is 0 Å². The lowest BCUT2D eigenvalue weighted by atomic mass is 10.3. The fraction of sp³-hybridized carbons (Fsp3) is 0.143. The Morgan fingerprint density at radius 1 is 1.16 bits per heavy atom. The Morgan fingerprint density at radius 3 is 2.79 bits per heavy atom. The number of pyridine rings is 1. The average Bonchev–Trinajstić information content (AvgIpc) is 2.89. The van der Waals surface area contributed by atoms with Crippen LogP contribution in [0.1, 0.15) is 0 Å². The summed E-state index contributed by atoms with van der Waals surface area (Å²) in [5.74, 6) is 1.17. The van der Waals surface area contributed by atoms with E-state index < -0.39 is 6.67 Å². The molecule has 3 rings (SSSR count). The van der Waals surface area contributed by atoms with Crippen molar-refractivity contribution in [2.45, 2.75) is 0 Å². The van der Waals surface area contributed by atoms with Gasteiger partial charge in [0.15, 0.2) is 5.58 Å². The summed E-state index contributed by atoms with van der Waals surface area (Å²) in [6.07, 6.45) is 1.66. The first-order chi connectivity index (χ1) is 9.36. The molecule has 19 heavy (non-hydrogen) atoms. The number of benzene rings is 1. The lowest BCUT2D eigenvalue weighted by Gasteiger charge is -2.02. The van der Waals surface area contributed by atoms with E-state index in [9.17, 15) is 4.39 Å². The summed E-state index contributed by atoms with van der Waals surface area (Å²) in [4.78, 5) is 8.57. The Hall–Kier alpha value is -2.43. The number of hydrogen-bond acceptors (Lipinski definition) is 4. The first-order valence-corrected chi connectivity index (χ1v) is 5.98. The number of anilines is 1. The maximum Gasteiger partial charge on any atom is 0.228 e. The van der Waals surface area contributed by atoms with Crippen LogP contribution in [0.5, 0.6) is 0 Å². The van der Waals surface area contributed by atoms with Crippen molar-refractivity contribution in [1.29, 1.82) is 0 Å². The molecule has 1 N–H and O–H groups in total. The topological polar surface area (TPSA) is 51.0 Å². The van der Waals surface area contributed by atoms with E-state index in [2.05, 4.69) is 15.3 Å². The first kappa shape index (κ1) is 11.6. The van der Waals surface area contributed by atoms with E-state index in [-0.39, 0.29) is 6.54 Å². The molecule has 0 bridgehead atoms. The number of nitrogens with zero attached hydrogens (tertiary/aromatic N) is 2. The van der Waals surface area contributed by atoms with Gasteiger partial charge in [-0.25, -0.2) is 14.4 Å². The third-order valence-corrected chi connectivity index (χ3v) is 2.70. The third kappa shape index (κ3) is 2.40. The van der Waals surface area contributed by atoms with Crippen LogP contribution < -0.4 is 5.32 Å². The minimum absolute atomic E-state index is 0.259. The molecule has 1 aromatic carbocycles. The standard InChI is InChI=1S/C14H12FN3O/c15-7-8-16-13-6-5-10(9-17-13)14-18-11-3-1-2-4-12(11)19-14/h1-6,9H,7-8H2,(H,16,17). The molecule has 5 heteroatoms. The highest BCUT2D eigenvalue weighted by molar-refractivity contribution is 5.75. The van der Waals surface area contributed by atoms with Crippen LogP contribution in [0.25, 0.3) is 22.6 Å². The van der Waals surface area contributed by atoms with Gasteiger partial charge >= 0.3 is 0 Å². The number of fused-ring (bicyclic) bond motifs is 1. The second-order valence-electron chi connectivity index (χ2n) is 4.03. The SMILES string of the molecule is FCCNc1ccc(-c2nc3ccccc3o2)cn1. The van der Waals surface area contributed by atoms with Crippen molar-refractivity contribution in [2.75, 3.05) is 18.5 Å². The van der Waals surface area contributed by atoms with E-state index in [1.54, 1.807) is 12.3 Å². The summed E-state index contributed by atoms with van der Waals surface area (Å²) in [5, 5.41) is 2.86. The molecule has 4 nitrogen and oxygen atoms in total. The van der Waals surface area contributed by atoms with E-state index in [1.165, 1.54) is 0 Å². The number of aromatic nitrogens is 2. The van der Waals surface area contributed by atoms with Crippen molar-refractivity contribution in [3.63, 3.8) is 0 Å². The summed E-state index contributed by atoms with van der Waals surface area (Å²) < 4.78 is 17.7. The summed E-state index contributed by atoms with van der Waals surface area (Å²) in [6.45, 7) is -0.163. The molecular weight excluding hydrogens is 245 g/mol. The molecule has 0 spiro atoms. The van der Waals surface area contributed by atoms with Crippen molar-refractivity contribution in [3.05, 3.63) is 42.6 Å². The molecule has 0 saturated carbocycles. The predicted octanol–water partition coefficient (Wildman–Crippen LogP) is 3.27. The van der Waals surface area contributed by atoms with Crippen LogP contribution in [0.15, 0.2) is 47.0 Å². The molecule has 0 aliphatic carbocycles. The zero-order chi connectivity index (χ0) is 13.1. The lowest BCUT2D eigenvalue weighted by Crippen LogP contribution is -2.04. The van der Waals surface area contributed by atoms with Crippen molar-refractivity contribution in [2.24, 2.45) is 0 Å². The summed E-state index contributed by atoms with van der Waals surface area (Å²) in [6, 6.07) is 11.2. The van der Waals surface area contributed by atoms with Gasteiger partial charge in [0.05, 0.1) is 5.56 Å². The molecule has 0 saturated heterocycles. The van der Waals surface area contributed by atoms with Gasteiger partial charge in [0.25, 0.3) is 0 Å². The highest BCUT2D eigenvalue weighted by atomic mass is 19.1. The molecule has 0 aliphatic heterocycles. The Morgan fingerprint density at radius 2 is 2.05 bits per heavy atom. The van der Waals surface area contributed by atoms with Gasteiger partial charge in [0, 0.05) is 12.7 Å². The monoisotopic (exact) mass is 257 g/mol. The molecule has 2 heterocycles. The van der Waals surface area contributed by atoms with Gasteiger partial charge in [0.2, 0.25) is 5.89 Å². The Kier molecular flexibility index (Phi) is 3.10. The lowest BCUT2D eigenvalue weighted by molar-refractivity contribution is 0.512. The van der Waals surface area contributed by atoms with Crippen LogP contribution in [-0.2, 0) is 0 Å². The molecule has 0 unspecified atom stereocenters. The number of halogens is 1. The first-order valence-electron chi connectivity index (χ1n) is 5.98. The normalized spacial score (nSPS) is 10.8. The quantitative estimate of drug-likeness (QED) is 0.779.